The van der Waals surface area contributed by atoms with Crippen LogP contribution in [0.4, 0.5) is 0 Å². The number of amides is 1. The summed E-state index contributed by atoms with van der Waals surface area (Å²) in [5.74, 6) is 1.41. The van der Waals surface area contributed by atoms with E-state index in [9.17, 15) is 4.79 Å². The molecule has 0 aliphatic carbocycles. The van der Waals surface area contributed by atoms with Gasteiger partial charge in [-0.2, -0.15) is 14.9 Å². The molecular formula is C14H18N8O. The zero-order valence-electron chi connectivity index (χ0n) is 13.3. The van der Waals surface area contributed by atoms with E-state index in [0.29, 0.717) is 18.1 Å². The standard InChI is InChI=1S/C14H18N8O/c1-9-10(8-20(2)18-9)6-13-17-12(7-11(15)23)19-22(13)14-4-5-16-21(14)3/h4-5,8H,6-7H2,1-3H3,(H2,15,23). The number of hydrogen-bond donors (Lipinski definition) is 1. The fourth-order valence-electron chi connectivity index (χ4n) is 2.49. The second-order valence-corrected chi connectivity index (χ2v) is 5.40. The number of nitrogens with two attached hydrogens (primary N) is 1. The smallest absolute Gasteiger partial charge is 0.225 e. The molecule has 0 saturated carbocycles. The highest BCUT2D eigenvalue weighted by molar-refractivity contribution is 5.75. The van der Waals surface area contributed by atoms with Gasteiger partial charge in [0.25, 0.3) is 0 Å². The maximum Gasteiger partial charge on any atom is 0.225 e. The summed E-state index contributed by atoms with van der Waals surface area (Å²) >= 11 is 0. The number of rotatable bonds is 5. The van der Waals surface area contributed by atoms with Gasteiger partial charge in [0.05, 0.1) is 18.3 Å². The van der Waals surface area contributed by atoms with Crippen LogP contribution in [-0.4, -0.2) is 40.2 Å². The van der Waals surface area contributed by atoms with Crippen LogP contribution in [0.1, 0.15) is 22.9 Å². The van der Waals surface area contributed by atoms with Crippen molar-refractivity contribution in [2.75, 3.05) is 0 Å². The van der Waals surface area contributed by atoms with E-state index in [1.807, 2.05) is 33.3 Å². The molecule has 120 valence electrons. The Labute approximate surface area is 132 Å². The van der Waals surface area contributed by atoms with E-state index in [-0.39, 0.29) is 6.42 Å². The van der Waals surface area contributed by atoms with Crippen molar-refractivity contribution in [2.45, 2.75) is 19.8 Å². The molecule has 0 fully saturated rings. The Bertz CT molecular complexity index is 856. The predicted octanol–water partition coefficient (Wildman–Crippen LogP) is -0.339. The van der Waals surface area contributed by atoms with E-state index >= 15 is 0 Å². The maximum absolute atomic E-state index is 11.2. The minimum absolute atomic E-state index is 0.00384. The fourth-order valence-corrected chi connectivity index (χ4v) is 2.49. The third-order valence-electron chi connectivity index (χ3n) is 3.53. The molecule has 0 aromatic carbocycles. The lowest BCUT2D eigenvalue weighted by atomic mass is 10.2. The maximum atomic E-state index is 11.2. The summed E-state index contributed by atoms with van der Waals surface area (Å²) in [4.78, 5) is 15.6. The molecule has 0 spiro atoms. The summed E-state index contributed by atoms with van der Waals surface area (Å²) in [5, 5.41) is 12.9. The molecule has 9 nitrogen and oxygen atoms in total. The highest BCUT2D eigenvalue weighted by Gasteiger charge is 2.17. The molecule has 3 heterocycles. The largest absolute Gasteiger partial charge is 0.369 e. The summed E-state index contributed by atoms with van der Waals surface area (Å²) < 4.78 is 5.15. The molecule has 3 aromatic rings. The Balaban J connectivity index is 2.03. The molecule has 3 aromatic heterocycles. The number of hydrogen-bond acceptors (Lipinski definition) is 5. The number of nitrogens with zero attached hydrogens (tertiary/aromatic N) is 7. The second-order valence-electron chi connectivity index (χ2n) is 5.40. The van der Waals surface area contributed by atoms with Crippen LogP contribution >= 0.6 is 0 Å². The Morgan fingerprint density at radius 1 is 1.30 bits per heavy atom. The molecule has 3 rings (SSSR count). The van der Waals surface area contributed by atoms with Gasteiger partial charge in [-0.05, 0) is 6.92 Å². The number of carbonyl (C=O) groups excluding carboxylic acids is 1. The Morgan fingerprint density at radius 2 is 2.09 bits per heavy atom. The molecule has 0 unspecified atom stereocenters. The normalized spacial score (nSPS) is 11.1. The van der Waals surface area contributed by atoms with E-state index in [1.54, 1.807) is 20.2 Å². The van der Waals surface area contributed by atoms with Crippen molar-refractivity contribution in [1.29, 1.82) is 0 Å². The minimum atomic E-state index is -0.462. The van der Waals surface area contributed by atoms with Crippen molar-refractivity contribution in [3.63, 3.8) is 0 Å². The van der Waals surface area contributed by atoms with Gasteiger partial charge in [0.2, 0.25) is 5.91 Å². The number of primary amides is 1. The monoisotopic (exact) mass is 314 g/mol. The topological polar surface area (TPSA) is 109 Å². The summed E-state index contributed by atoms with van der Waals surface area (Å²) in [5.41, 5.74) is 7.24. The van der Waals surface area contributed by atoms with E-state index in [1.165, 1.54) is 0 Å². The third-order valence-corrected chi connectivity index (χ3v) is 3.53. The Hall–Kier alpha value is -2.97. The quantitative estimate of drug-likeness (QED) is 0.693. The van der Waals surface area contributed by atoms with Gasteiger partial charge in [0.1, 0.15) is 5.82 Å². The third kappa shape index (κ3) is 2.98. The summed E-state index contributed by atoms with van der Waals surface area (Å²) in [6, 6.07) is 1.84. The van der Waals surface area contributed by atoms with Crippen LogP contribution in [0, 0.1) is 6.92 Å². The number of aromatic nitrogens is 7. The highest BCUT2D eigenvalue weighted by Crippen LogP contribution is 2.15. The van der Waals surface area contributed by atoms with E-state index < -0.39 is 5.91 Å². The van der Waals surface area contributed by atoms with Crippen LogP contribution in [0.15, 0.2) is 18.5 Å². The van der Waals surface area contributed by atoms with E-state index in [2.05, 4.69) is 20.3 Å². The zero-order chi connectivity index (χ0) is 16.6. The van der Waals surface area contributed by atoms with Crippen molar-refractivity contribution < 1.29 is 4.79 Å². The molecule has 2 N–H and O–H groups in total. The summed E-state index contributed by atoms with van der Waals surface area (Å²) in [6.45, 7) is 1.95. The fraction of sp³-hybridized carbons (Fsp3) is 0.357. The zero-order valence-corrected chi connectivity index (χ0v) is 13.3. The van der Waals surface area contributed by atoms with Crippen LogP contribution in [0.3, 0.4) is 0 Å². The van der Waals surface area contributed by atoms with Crippen LogP contribution in [0.2, 0.25) is 0 Å². The average Bonchev–Trinajstić information content (AvgIpc) is 3.11. The van der Waals surface area contributed by atoms with Gasteiger partial charge in [-0.15, -0.1) is 5.10 Å². The van der Waals surface area contributed by atoms with Crippen molar-refractivity contribution in [3.8, 4) is 5.82 Å². The lowest BCUT2D eigenvalue weighted by molar-refractivity contribution is -0.117. The predicted molar refractivity (Wildman–Crippen MR) is 81.8 cm³/mol. The molecule has 0 aliphatic heterocycles. The molecule has 0 saturated heterocycles. The first-order valence-corrected chi connectivity index (χ1v) is 7.14. The molecule has 0 bridgehead atoms. The van der Waals surface area contributed by atoms with Gasteiger partial charge in [-0.3, -0.25) is 14.2 Å². The molecule has 0 radical (unpaired) electrons. The molecule has 1 amide bonds. The Morgan fingerprint density at radius 3 is 2.65 bits per heavy atom. The first kappa shape index (κ1) is 14.9. The second kappa shape index (κ2) is 5.67. The lowest BCUT2D eigenvalue weighted by Gasteiger charge is -2.05. The molecule has 23 heavy (non-hydrogen) atoms. The van der Waals surface area contributed by atoms with Gasteiger partial charge < -0.3 is 5.73 Å². The van der Waals surface area contributed by atoms with Gasteiger partial charge in [0, 0.05) is 38.3 Å². The van der Waals surface area contributed by atoms with Crippen LogP contribution in [0.5, 0.6) is 0 Å². The van der Waals surface area contributed by atoms with Gasteiger partial charge in [-0.1, -0.05) is 0 Å². The molecule has 9 heteroatoms. The van der Waals surface area contributed by atoms with Gasteiger partial charge >= 0.3 is 0 Å². The summed E-state index contributed by atoms with van der Waals surface area (Å²) in [7, 11) is 3.70. The van der Waals surface area contributed by atoms with Crippen molar-refractivity contribution in [2.24, 2.45) is 19.8 Å². The van der Waals surface area contributed by atoms with Crippen LogP contribution in [-0.2, 0) is 31.7 Å². The van der Waals surface area contributed by atoms with E-state index in [0.717, 1.165) is 17.1 Å². The number of carbonyl (C=O) groups is 1. The summed E-state index contributed by atoms with van der Waals surface area (Å²) in [6.07, 6.45) is 4.19. The van der Waals surface area contributed by atoms with E-state index in [4.69, 9.17) is 5.73 Å². The van der Waals surface area contributed by atoms with Gasteiger partial charge in [0.15, 0.2) is 11.6 Å². The highest BCUT2D eigenvalue weighted by atomic mass is 16.1. The SMILES string of the molecule is Cc1nn(C)cc1Cc1nc(CC(N)=O)nn1-c1ccnn1C. The van der Waals surface area contributed by atoms with Crippen LogP contribution in [0.25, 0.3) is 5.82 Å². The van der Waals surface area contributed by atoms with Gasteiger partial charge in [-0.25, -0.2) is 4.98 Å². The van der Waals surface area contributed by atoms with Crippen molar-refractivity contribution in [1.82, 2.24) is 34.3 Å². The van der Waals surface area contributed by atoms with Crippen molar-refractivity contribution in [3.05, 3.63) is 41.4 Å². The van der Waals surface area contributed by atoms with Crippen molar-refractivity contribution >= 4 is 5.91 Å². The van der Waals surface area contributed by atoms with Crippen LogP contribution < -0.4 is 5.73 Å². The minimum Gasteiger partial charge on any atom is -0.369 e. The molecular weight excluding hydrogens is 296 g/mol. The molecule has 0 aliphatic rings. The molecule has 0 atom stereocenters. The Kier molecular flexibility index (Phi) is 3.68. The average molecular weight is 314 g/mol. The first-order valence-electron chi connectivity index (χ1n) is 7.14. The number of aryl methyl sites for hydroxylation is 3. The lowest BCUT2D eigenvalue weighted by Crippen LogP contribution is -2.15. The first-order chi connectivity index (χ1) is 10.9.